The van der Waals surface area contributed by atoms with Crippen molar-refractivity contribution in [3.05, 3.63) is 41.5 Å². The summed E-state index contributed by atoms with van der Waals surface area (Å²) in [5, 5.41) is 5.43. The van der Waals surface area contributed by atoms with Gasteiger partial charge in [-0.3, -0.25) is 14.5 Å². The molecule has 2 rings (SSSR count). The number of hydrogen-bond donors (Lipinski definition) is 2. The number of nitrogens with one attached hydrogen (secondary N) is 2. The van der Waals surface area contributed by atoms with Crippen molar-refractivity contribution in [2.45, 2.75) is 0 Å². The molecule has 0 unspecified atom stereocenters. The van der Waals surface area contributed by atoms with Gasteiger partial charge in [0.25, 0.3) is 5.91 Å². The fraction of sp³-hybridized carbons (Fsp3) is 0.412. The van der Waals surface area contributed by atoms with Gasteiger partial charge in [-0.15, -0.1) is 0 Å². The van der Waals surface area contributed by atoms with E-state index < -0.39 is 0 Å². The smallest absolute Gasteiger partial charge is 0.251 e. The summed E-state index contributed by atoms with van der Waals surface area (Å²) in [4.78, 5) is 25.5. The predicted octanol–water partition coefficient (Wildman–Crippen LogP) is 0.508. The fourth-order valence-electron chi connectivity index (χ4n) is 2.28. The summed E-state index contributed by atoms with van der Waals surface area (Å²) >= 11 is 0. The predicted molar refractivity (Wildman–Crippen MR) is 89.1 cm³/mol. The van der Waals surface area contributed by atoms with Crippen LogP contribution in [0.2, 0.25) is 0 Å². The Morgan fingerprint density at radius 2 is 1.91 bits per heavy atom. The highest BCUT2D eigenvalue weighted by Crippen LogP contribution is 2.06. The van der Waals surface area contributed by atoms with E-state index in [1.807, 2.05) is 12.1 Å². The zero-order chi connectivity index (χ0) is 16.5. The molecule has 2 N–H and O–H groups in total. The van der Waals surface area contributed by atoms with Gasteiger partial charge in [0.05, 0.1) is 13.2 Å². The maximum Gasteiger partial charge on any atom is 0.251 e. The van der Waals surface area contributed by atoms with Crippen LogP contribution in [0.1, 0.15) is 15.9 Å². The molecule has 0 atom stereocenters. The number of carbonyl (C=O) groups is 2. The van der Waals surface area contributed by atoms with Gasteiger partial charge in [0, 0.05) is 44.9 Å². The fourth-order valence-corrected chi connectivity index (χ4v) is 2.28. The molecule has 6 heteroatoms. The zero-order valence-electron chi connectivity index (χ0n) is 13.4. The minimum Gasteiger partial charge on any atom is -0.379 e. The molecular weight excluding hydrogens is 294 g/mol. The van der Waals surface area contributed by atoms with E-state index in [0.29, 0.717) is 12.1 Å². The minimum atomic E-state index is -0.124. The monoisotopic (exact) mass is 317 g/mol. The summed E-state index contributed by atoms with van der Waals surface area (Å²) in [6.45, 7) is 4.83. The molecule has 0 spiro atoms. The van der Waals surface area contributed by atoms with Crippen LogP contribution in [-0.2, 0) is 9.53 Å². The number of nitrogens with zero attached hydrogens (tertiary/aromatic N) is 1. The second-order valence-corrected chi connectivity index (χ2v) is 5.28. The summed E-state index contributed by atoms with van der Waals surface area (Å²) in [5.41, 5.74) is 1.47. The Morgan fingerprint density at radius 3 is 2.57 bits per heavy atom. The summed E-state index contributed by atoms with van der Waals surface area (Å²) in [6.07, 6.45) is 3.24. The first kappa shape index (κ1) is 17.2. The molecule has 0 aliphatic carbocycles. The average molecular weight is 317 g/mol. The van der Waals surface area contributed by atoms with Crippen molar-refractivity contribution < 1.29 is 14.3 Å². The van der Waals surface area contributed by atoms with Crippen molar-refractivity contribution >= 4 is 17.9 Å². The van der Waals surface area contributed by atoms with Crippen LogP contribution in [0, 0.1) is 0 Å². The van der Waals surface area contributed by atoms with E-state index in [0.717, 1.165) is 38.4 Å². The summed E-state index contributed by atoms with van der Waals surface area (Å²) in [5.74, 6) is -0.241. The molecule has 2 amide bonds. The first-order valence-corrected chi connectivity index (χ1v) is 7.77. The minimum absolute atomic E-state index is 0.117. The Kier molecular flexibility index (Phi) is 6.77. The number of rotatable bonds is 6. The van der Waals surface area contributed by atoms with Gasteiger partial charge < -0.3 is 15.4 Å². The number of carbonyl (C=O) groups excluding carboxylic acids is 2. The van der Waals surface area contributed by atoms with Crippen LogP contribution in [0.5, 0.6) is 0 Å². The molecule has 1 saturated heterocycles. The lowest BCUT2D eigenvalue weighted by Gasteiger charge is -2.26. The Hall–Kier alpha value is -2.18. The van der Waals surface area contributed by atoms with E-state index >= 15 is 0 Å². The first-order chi connectivity index (χ1) is 11.2. The Morgan fingerprint density at radius 1 is 1.22 bits per heavy atom. The van der Waals surface area contributed by atoms with E-state index in [1.54, 1.807) is 25.3 Å². The lowest BCUT2D eigenvalue weighted by atomic mass is 10.1. The molecule has 124 valence electrons. The van der Waals surface area contributed by atoms with Crippen molar-refractivity contribution in [3.63, 3.8) is 0 Å². The van der Waals surface area contributed by atoms with Crippen molar-refractivity contribution in [1.29, 1.82) is 0 Å². The molecule has 0 aromatic heterocycles. The van der Waals surface area contributed by atoms with Gasteiger partial charge in [-0.1, -0.05) is 12.1 Å². The number of amides is 2. The number of benzene rings is 1. The first-order valence-electron chi connectivity index (χ1n) is 7.77. The molecule has 1 heterocycles. The molecule has 1 aromatic carbocycles. The second kappa shape index (κ2) is 9.07. The van der Waals surface area contributed by atoms with Crippen LogP contribution in [0.3, 0.4) is 0 Å². The summed E-state index contributed by atoms with van der Waals surface area (Å²) in [6, 6.07) is 7.08. The van der Waals surface area contributed by atoms with Crippen LogP contribution < -0.4 is 10.6 Å². The molecule has 0 bridgehead atoms. The highest BCUT2D eigenvalue weighted by Gasteiger charge is 2.09. The van der Waals surface area contributed by atoms with E-state index in [2.05, 4.69) is 15.5 Å². The topological polar surface area (TPSA) is 70.7 Å². The van der Waals surface area contributed by atoms with Crippen LogP contribution in [0.15, 0.2) is 30.3 Å². The highest BCUT2D eigenvalue weighted by atomic mass is 16.5. The number of ether oxygens (including phenoxy) is 1. The Bertz CT molecular complexity index is 549. The molecular formula is C17H23N3O3. The van der Waals surface area contributed by atoms with Crippen LogP contribution in [0.25, 0.3) is 6.08 Å². The van der Waals surface area contributed by atoms with Gasteiger partial charge in [-0.25, -0.2) is 0 Å². The quantitative estimate of drug-likeness (QED) is 0.750. The number of hydrogen-bond acceptors (Lipinski definition) is 4. The lowest BCUT2D eigenvalue weighted by Crippen LogP contribution is -2.41. The van der Waals surface area contributed by atoms with Crippen molar-refractivity contribution in [1.82, 2.24) is 15.5 Å². The second-order valence-electron chi connectivity index (χ2n) is 5.28. The molecule has 0 saturated carbocycles. The van der Waals surface area contributed by atoms with Crippen molar-refractivity contribution in [3.8, 4) is 0 Å². The van der Waals surface area contributed by atoms with Gasteiger partial charge in [0.15, 0.2) is 0 Å². The van der Waals surface area contributed by atoms with E-state index in [1.165, 1.54) is 6.08 Å². The van der Waals surface area contributed by atoms with Crippen LogP contribution in [-0.4, -0.2) is 63.2 Å². The normalized spacial score (nSPS) is 15.5. The van der Waals surface area contributed by atoms with E-state index in [4.69, 9.17) is 4.74 Å². The maximum atomic E-state index is 11.8. The zero-order valence-corrected chi connectivity index (χ0v) is 13.4. The highest BCUT2D eigenvalue weighted by molar-refractivity contribution is 5.94. The van der Waals surface area contributed by atoms with Gasteiger partial charge in [-0.2, -0.15) is 0 Å². The lowest BCUT2D eigenvalue weighted by molar-refractivity contribution is -0.116. The van der Waals surface area contributed by atoms with Gasteiger partial charge in [-0.05, 0) is 23.8 Å². The standard InChI is InChI=1S/C17H23N3O3/c1-18-17(22)15-5-2-14(3-6-15)4-7-16(21)19-8-9-20-10-12-23-13-11-20/h2-7H,8-13H2,1H3,(H,18,22)(H,19,21)/b7-4+. The third kappa shape index (κ3) is 5.84. The van der Waals surface area contributed by atoms with E-state index in [-0.39, 0.29) is 11.8 Å². The Labute approximate surface area is 136 Å². The average Bonchev–Trinajstić information content (AvgIpc) is 2.60. The van der Waals surface area contributed by atoms with Crippen molar-refractivity contribution in [2.75, 3.05) is 46.4 Å². The van der Waals surface area contributed by atoms with Gasteiger partial charge in [0.2, 0.25) is 5.91 Å². The maximum absolute atomic E-state index is 11.8. The van der Waals surface area contributed by atoms with Gasteiger partial charge in [0.1, 0.15) is 0 Å². The van der Waals surface area contributed by atoms with Crippen molar-refractivity contribution in [2.24, 2.45) is 0 Å². The summed E-state index contributed by atoms with van der Waals surface area (Å²) < 4.78 is 5.28. The molecule has 1 aromatic rings. The third-order valence-corrected chi connectivity index (χ3v) is 3.66. The molecule has 1 aliphatic heterocycles. The molecule has 6 nitrogen and oxygen atoms in total. The van der Waals surface area contributed by atoms with E-state index in [9.17, 15) is 9.59 Å². The largest absolute Gasteiger partial charge is 0.379 e. The van der Waals surface area contributed by atoms with Crippen LogP contribution >= 0.6 is 0 Å². The third-order valence-electron chi connectivity index (χ3n) is 3.66. The molecule has 1 aliphatic rings. The summed E-state index contributed by atoms with van der Waals surface area (Å²) in [7, 11) is 1.59. The SMILES string of the molecule is CNC(=O)c1ccc(/C=C/C(=O)NCCN2CCOCC2)cc1. The van der Waals surface area contributed by atoms with Gasteiger partial charge >= 0.3 is 0 Å². The molecule has 23 heavy (non-hydrogen) atoms. The van der Waals surface area contributed by atoms with Crippen LogP contribution in [0.4, 0.5) is 0 Å². The Balaban J connectivity index is 1.73. The molecule has 1 fully saturated rings. The number of morpholine rings is 1. The molecule has 0 radical (unpaired) electrons.